The Hall–Kier alpha value is -3.98. The van der Waals surface area contributed by atoms with Gasteiger partial charge in [0.25, 0.3) is 5.56 Å². The molecule has 0 bridgehead atoms. The number of carbonyl (C=O) groups is 1. The van der Waals surface area contributed by atoms with Crippen molar-refractivity contribution in [2.75, 3.05) is 0 Å². The molecule has 6 heteroatoms. The summed E-state index contributed by atoms with van der Waals surface area (Å²) < 4.78 is 1.19. The smallest absolute Gasteiger partial charge is 0.271 e. The van der Waals surface area contributed by atoms with E-state index < -0.39 is 5.56 Å². The molecule has 31 heavy (non-hydrogen) atoms. The first-order chi connectivity index (χ1) is 14.8. The standard InChI is InChI=1S/C25H23N3O3/c1-16(2)15-28-24(30)20(13-26)17(3)21(25(28)31)14-27-22-12-8-7-11-19(22)23(29)18-9-5-4-6-10-18/h4-12,14,16,31H,15H2,1-3H3. The Kier molecular flexibility index (Phi) is 6.46. The molecule has 0 fully saturated rings. The molecule has 1 aromatic heterocycles. The summed E-state index contributed by atoms with van der Waals surface area (Å²) in [5.41, 5.74) is 1.45. The maximum atomic E-state index is 12.9. The lowest BCUT2D eigenvalue weighted by molar-refractivity contribution is 0.103. The number of hydrogen-bond acceptors (Lipinski definition) is 5. The van der Waals surface area contributed by atoms with E-state index >= 15 is 0 Å². The molecule has 0 unspecified atom stereocenters. The van der Waals surface area contributed by atoms with E-state index in [-0.39, 0.29) is 35.3 Å². The van der Waals surface area contributed by atoms with Crippen LogP contribution in [0.4, 0.5) is 5.69 Å². The first-order valence-electron chi connectivity index (χ1n) is 9.94. The number of ketones is 1. The molecule has 1 N–H and O–H groups in total. The molecular weight excluding hydrogens is 390 g/mol. The minimum absolute atomic E-state index is 0.0338. The van der Waals surface area contributed by atoms with Crippen LogP contribution in [0.25, 0.3) is 0 Å². The second-order valence-corrected chi connectivity index (χ2v) is 7.63. The van der Waals surface area contributed by atoms with E-state index in [2.05, 4.69) is 4.99 Å². The van der Waals surface area contributed by atoms with Crippen LogP contribution in [0.2, 0.25) is 0 Å². The fourth-order valence-electron chi connectivity index (χ4n) is 3.32. The number of hydrogen-bond donors (Lipinski definition) is 1. The number of para-hydroxylation sites is 1. The molecule has 0 spiro atoms. The molecule has 0 saturated heterocycles. The van der Waals surface area contributed by atoms with Crippen LogP contribution in [0, 0.1) is 24.2 Å². The van der Waals surface area contributed by atoms with Crippen molar-refractivity contribution in [2.24, 2.45) is 10.9 Å². The number of nitriles is 1. The lowest BCUT2D eigenvalue weighted by Gasteiger charge is -2.15. The van der Waals surface area contributed by atoms with Crippen LogP contribution < -0.4 is 5.56 Å². The van der Waals surface area contributed by atoms with Crippen LogP contribution in [-0.4, -0.2) is 21.7 Å². The molecule has 0 aliphatic carbocycles. The third-order valence-electron chi connectivity index (χ3n) is 4.91. The van der Waals surface area contributed by atoms with Crippen LogP contribution in [-0.2, 0) is 6.54 Å². The second-order valence-electron chi connectivity index (χ2n) is 7.63. The van der Waals surface area contributed by atoms with Crippen molar-refractivity contribution < 1.29 is 9.90 Å². The normalized spacial score (nSPS) is 11.1. The zero-order valence-corrected chi connectivity index (χ0v) is 17.7. The van der Waals surface area contributed by atoms with E-state index in [0.717, 1.165) is 0 Å². The van der Waals surface area contributed by atoms with Crippen LogP contribution in [0.1, 0.15) is 46.5 Å². The van der Waals surface area contributed by atoms with Gasteiger partial charge in [-0.25, -0.2) is 0 Å². The molecule has 0 amide bonds. The molecule has 1 heterocycles. The van der Waals surface area contributed by atoms with Crippen molar-refractivity contribution in [2.45, 2.75) is 27.3 Å². The number of aliphatic imine (C=N–C) groups is 1. The number of pyridine rings is 1. The third-order valence-corrected chi connectivity index (χ3v) is 4.91. The Morgan fingerprint density at radius 1 is 1.16 bits per heavy atom. The zero-order chi connectivity index (χ0) is 22.5. The summed E-state index contributed by atoms with van der Waals surface area (Å²) in [6, 6.07) is 17.7. The lowest BCUT2D eigenvalue weighted by atomic mass is 10.0. The Morgan fingerprint density at radius 2 is 1.81 bits per heavy atom. The maximum absolute atomic E-state index is 12.9. The van der Waals surface area contributed by atoms with Gasteiger partial charge < -0.3 is 5.11 Å². The monoisotopic (exact) mass is 413 g/mol. The lowest BCUT2D eigenvalue weighted by Crippen LogP contribution is -2.27. The quantitative estimate of drug-likeness (QED) is 0.479. The minimum atomic E-state index is -0.525. The molecule has 6 nitrogen and oxygen atoms in total. The number of aromatic hydroxyl groups is 1. The van der Waals surface area contributed by atoms with Crippen LogP contribution >= 0.6 is 0 Å². The van der Waals surface area contributed by atoms with Crippen LogP contribution in [0.3, 0.4) is 0 Å². The minimum Gasteiger partial charge on any atom is -0.494 e. The van der Waals surface area contributed by atoms with Gasteiger partial charge in [-0.3, -0.25) is 19.1 Å². The summed E-state index contributed by atoms with van der Waals surface area (Å²) in [5.74, 6) is -0.325. The maximum Gasteiger partial charge on any atom is 0.271 e. The summed E-state index contributed by atoms with van der Waals surface area (Å²) >= 11 is 0. The van der Waals surface area contributed by atoms with Gasteiger partial charge in [-0.15, -0.1) is 0 Å². The topological polar surface area (TPSA) is 95.4 Å². The fourth-order valence-corrected chi connectivity index (χ4v) is 3.32. The largest absolute Gasteiger partial charge is 0.494 e. The van der Waals surface area contributed by atoms with Crippen molar-refractivity contribution >= 4 is 17.7 Å². The average molecular weight is 413 g/mol. The predicted octanol–water partition coefficient (Wildman–Crippen LogP) is 4.37. The van der Waals surface area contributed by atoms with Crippen molar-refractivity contribution in [1.82, 2.24) is 4.57 Å². The molecule has 0 radical (unpaired) electrons. The molecule has 3 aromatic rings. The molecule has 3 rings (SSSR count). The van der Waals surface area contributed by atoms with Crippen LogP contribution in [0.5, 0.6) is 5.88 Å². The first kappa shape index (κ1) is 21.7. The summed E-state index contributed by atoms with van der Waals surface area (Å²) in [6.07, 6.45) is 1.40. The predicted molar refractivity (Wildman–Crippen MR) is 120 cm³/mol. The highest BCUT2D eigenvalue weighted by Gasteiger charge is 2.19. The zero-order valence-electron chi connectivity index (χ0n) is 17.7. The molecule has 0 saturated carbocycles. The number of rotatable bonds is 6. The van der Waals surface area contributed by atoms with Gasteiger partial charge in [0.05, 0.1) is 11.3 Å². The number of carbonyl (C=O) groups excluding carboxylic acids is 1. The van der Waals surface area contributed by atoms with Gasteiger partial charge in [0, 0.05) is 23.9 Å². The fraction of sp³-hybridized carbons (Fsp3) is 0.200. The van der Waals surface area contributed by atoms with E-state index in [1.807, 2.05) is 26.0 Å². The number of benzene rings is 2. The Morgan fingerprint density at radius 3 is 2.45 bits per heavy atom. The van der Waals surface area contributed by atoms with Gasteiger partial charge in [-0.05, 0) is 30.5 Å². The average Bonchev–Trinajstić information content (AvgIpc) is 2.77. The molecule has 0 aliphatic rings. The third kappa shape index (κ3) is 4.46. The van der Waals surface area contributed by atoms with E-state index in [9.17, 15) is 20.0 Å². The Bertz CT molecular complexity index is 1250. The van der Waals surface area contributed by atoms with Gasteiger partial charge in [-0.1, -0.05) is 56.3 Å². The van der Waals surface area contributed by atoms with Crippen molar-refractivity contribution in [3.05, 3.63) is 92.8 Å². The molecule has 2 aromatic carbocycles. The van der Waals surface area contributed by atoms with Crippen molar-refractivity contribution in [3.63, 3.8) is 0 Å². The van der Waals surface area contributed by atoms with Gasteiger partial charge in [0.2, 0.25) is 5.88 Å². The molecular formula is C25H23N3O3. The Balaban J connectivity index is 2.11. The van der Waals surface area contributed by atoms with Gasteiger partial charge >= 0.3 is 0 Å². The molecule has 0 aliphatic heterocycles. The summed E-state index contributed by atoms with van der Waals surface area (Å²) in [5, 5.41) is 20.2. The van der Waals surface area contributed by atoms with Gasteiger partial charge in [0.15, 0.2) is 5.78 Å². The first-order valence-corrected chi connectivity index (χ1v) is 9.94. The molecule has 156 valence electrons. The van der Waals surface area contributed by atoms with E-state index in [0.29, 0.717) is 22.4 Å². The van der Waals surface area contributed by atoms with E-state index in [4.69, 9.17) is 0 Å². The van der Waals surface area contributed by atoms with Crippen LogP contribution in [0.15, 0.2) is 64.4 Å². The molecule has 0 atom stereocenters. The highest BCUT2D eigenvalue weighted by atomic mass is 16.3. The summed E-state index contributed by atoms with van der Waals surface area (Å²) in [7, 11) is 0. The highest BCUT2D eigenvalue weighted by Crippen LogP contribution is 2.25. The van der Waals surface area contributed by atoms with Gasteiger partial charge in [-0.2, -0.15) is 5.26 Å². The highest BCUT2D eigenvalue weighted by molar-refractivity contribution is 6.12. The SMILES string of the molecule is Cc1c(C=Nc2ccccc2C(=O)c2ccccc2)c(O)n(CC(C)C)c(=O)c1C#N. The van der Waals surface area contributed by atoms with E-state index in [1.54, 1.807) is 55.5 Å². The van der Waals surface area contributed by atoms with Gasteiger partial charge in [0.1, 0.15) is 11.6 Å². The van der Waals surface area contributed by atoms with Crippen molar-refractivity contribution in [1.29, 1.82) is 5.26 Å². The Labute approximate surface area is 180 Å². The number of nitrogens with zero attached hydrogens (tertiary/aromatic N) is 3. The second kappa shape index (κ2) is 9.23. The van der Waals surface area contributed by atoms with E-state index in [1.165, 1.54) is 10.8 Å². The summed E-state index contributed by atoms with van der Waals surface area (Å²) in [4.78, 5) is 30.0. The number of aromatic nitrogens is 1. The summed E-state index contributed by atoms with van der Waals surface area (Å²) in [6.45, 7) is 5.69. The van der Waals surface area contributed by atoms with Crippen molar-refractivity contribution in [3.8, 4) is 11.9 Å².